The molecule has 0 atom stereocenters. The lowest BCUT2D eigenvalue weighted by Crippen LogP contribution is -2.30. The standard InChI is InChI=1S/C8H12F2N4O2S/c1-16-3-2-11-4-5(15)12-8-14-13-7(17-8)6(9)10/h6,11H,2-4H2,1H3,(H,12,14,15). The quantitative estimate of drug-likeness (QED) is 0.709. The Morgan fingerprint density at radius 1 is 1.53 bits per heavy atom. The van der Waals surface area contributed by atoms with Gasteiger partial charge < -0.3 is 10.1 Å². The van der Waals surface area contributed by atoms with Crippen LogP contribution in [0.5, 0.6) is 0 Å². The van der Waals surface area contributed by atoms with Crippen molar-refractivity contribution in [2.24, 2.45) is 0 Å². The van der Waals surface area contributed by atoms with Gasteiger partial charge in [0.25, 0.3) is 6.43 Å². The first-order valence-corrected chi connectivity index (χ1v) is 5.56. The molecule has 0 saturated heterocycles. The van der Waals surface area contributed by atoms with Crippen molar-refractivity contribution >= 4 is 22.4 Å². The monoisotopic (exact) mass is 266 g/mol. The van der Waals surface area contributed by atoms with Crippen LogP contribution >= 0.6 is 11.3 Å². The van der Waals surface area contributed by atoms with Crippen LogP contribution in [0.2, 0.25) is 0 Å². The van der Waals surface area contributed by atoms with Gasteiger partial charge in [0.1, 0.15) is 0 Å². The van der Waals surface area contributed by atoms with Crippen molar-refractivity contribution in [2.75, 3.05) is 32.1 Å². The van der Waals surface area contributed by atoms with Crippen molar-refractivity contribution in [3.8, 4) is 0 Å². The number of methoxy groups -OCH3 is 1. The Bertz CT molecular complexity index is 361. The average molecular weight is 266 g/mol. The first kappa shape index (κ1) is 13.9. The highest BCUT2D eigenvalue weighted by Gasteiger charge is 2.14. The molecule has 1 rings (SSSR count). The highest BCUT2D eigenvalue weighted by Crippen LogP contribution is 2.24. The van der Waals surface area contributed by atoms with E-state index in [-0.39, 0.29) is 17.6 Å². The molecule has 17 heavy (non-hydrogen) atoms. The topological polar surface area (TPSA) is 76.1 Å². The fraction of sp³-hybridized carbons (Fsp3) is 0.625. The number of nitrogens with one attached hydrogen (secondary N) is 2. The number of amides is 1. The zero-order chi connectivity index (χ0) is 12.7. The van der Waals surface area contributed by atoms with E-state index in [0.717, 1.165) is 0 Å². The fourth-order valence-corrected chi connectivity index (χ4v) is 1.53. The summed E-state index contributed by atoms with van der Waals surface area (Å²) in [5.74, 6) is -0.363. The van der Waals surface area contributed by atoms with E-state index in [1.165, 1.54) is 0 Å². The summed E-state index contributed by atoms with van der Waals surface area (Å²) in [5.41, 5.74) is 0. The maximum atomic E-state index is 12.2. The summed E-state index contributed by atoms with van der Waals surface area (Å²) in [6.45, 7) is 1.08. The molecule has 0 radical (unpaired) electrons. The summed E-state index contributed by atoms with van der Waals surface area (Å²) in [6.07, 6.45) is -2.67. The molecule has 1 amide bonds. The number of halogens is 2. The van der Waals surface area contributed by atoms with Gasteiger partial charge in [0.15, 0.2) is 5.01 Å². The number of nitrogens with zero attached hydrogens (tertiary/aromatic N) is 2. The van der Waals surface area contributed by atoms with Gasteiger partial charge in [-0.05, 0) is 0 Å². The zero-order valence-corrected chi connectivity index (χ0v) is 9.89. The fourth-order valence-electron chi connectivity index (χ4n) is 0.913. The summed E-state index contributed by atoms with van der Waals surface area (Å²) >= 11 is 0.656. The molecule has 2 N–H and O–H groups in total. The van der Waals surface area contributed by atoms with E-state index in [1.807, 2.05) is 0 Å². The third-order valence-corrected chi connectivity index (χ3v) is 2.49. The largest absolute Gasteiger partial charge is 0.383 e. The van der Waals surface area contributed by atoms with Crippen LogP contribution in [-0.2, 0) is 9.53 Å². The van der Waals surface area contributed by atoms with Gasteiger partial charge in [-0.15, -0.1) is 10.2 Å². The van der Waals surface area contributed by atoms with E-state index in [4.69, 9.17) is 4.74 Å². The van der Waals surface area contributed by atoms with E-state index < -0.39 is 11.4 Å². The van der Waals surface area contributed by atoms with Crippen LogP contribution in [0.3, 0.4) is 0 Å². The van der Waals surface area contributed by atoms with Gasteiger partial charge in [0.2, 0.25) is 11.0 Å². The van der Waals surface area contributed by atoms with E-state index in [9.17, 15) is 13.6 Å². The molecule has 0 saturated carbocycles. The van der Waals surface area contributed by atoms with Crippen molar-refractivity contribution in [2.45, 2.75) is 6.43 Å². The first-order valence-electron chi connectivity index (χ1n) is 4.74. The van der Waals surface area contributed by atoms with Gasteiger partial charge in [-0.1, -0.05) is 11.3 Å². The number of aromatic nitrogens is 2. The summed E-state index contributed by atoms with van der Waals surface area (Å²) in [4.78, 5) is 11.3. The maximum Gasteiger partial charge on any atom is 0.291 e. The molecular weight excluding hydrogens is 254 g/mol. The number of anilines is 1. The van der Waals surface area contributed by atoms with Crippen LogP contribution in [0, 0.1) is 0 Å². The third kappa shape index (κ3) is 5.11. The predicted molar refractivity (Wildman–Crippen MR) is 58.2 cm³/mol. The van der Waals surface area contributed by atoms with Crippen LogP contribution in [0.15, 0.2) is 0 Å². The number of hydrogen-bond acceptors (Lipinski definition) is 6. The lowest BCUT2D eigenvalue weighted by molar-refractivity contribution is -0.115. The van der Waals surface area contributed by atoms with Gasteiger partial charge in [0.05, 0.1) is 13.2 Å². The van der Waals surface area contributed by atoms with E-state index in [0.29, 0.717) is 24.5 Å². The Balaban J connectivity index is 2.29. The first-order chi connectivity index (χ1) is 8.13. The predicted octanol–water partition coefficient (Wildman–Crippen LogP) is 0.650. The molecule has 9 heteroatoms. The van der Waals surface area contributed by atoms with Gasteiger partial charge in [0, 0.05) is 13.7 Å². The second-order valence-electron chi connectivity index (χ2n) is 2.96. The Labute approximate surface area is 100 Å². The van der Waals surface area contributed by atoms with Gasteiger partial charge in [-0.3, -0.25) is 10.1 Å². The van der Waals surface area contributed by atoms with Crippen LogP contribution in [0.25, 0.3) is 0 Å². The van der Waals surface area contributed by atoms with Crippen molar-refractivity contribution in [1.82, 2.24) is 15.5 Å². The maximum absolute atomic E-state index is 12.2. The van der Waals surface area contributed by atoms with Crippen LogP contribution in [0.4, 0.5) is 13.9 Å². The highest BCUT2D eigenvalue weighted by molar-refractivity contribution is 7.15. The van der Waals surface area contributed by atoms with Crippen LogP contribution < -0.4 is 10.6 Å². The molecule has 0 fully saturated rings. The minimum atomic E-state index is -2.67. The average Bonchev–Trinajstić information content (AvgIpc) is 2.73. The number of hydrogen-bond donors (Lipinski definition) is 2. The molecule has 0 unspecified atom stereocenters. The normalized spacial score (nSPS) is 10.8. The summed E-state index contributed by atoms with van der Waals surface area (Å²) in [5, 5.41) is 11.5. The Morgan fingerprint density at radius 3 is 2.88 bits per heavy atom. The molecule has 0 aromatic carbocycles. The number of carbonyl (C=O) groups is 1. The summed E-state index contributed by atoms with van der Waals surface area (Å²) in [6, 6.07) is 0. The van der Waals surface area contributed by atoms with Gasteiger partial charge in [-0.2, -0.15) is 0 Å². The summed E-state index contributed by atoms with van der Waals surface area (Å²) < 4.78 is 29.1. The smallest absolute Gasteiger partial charge is 0.291 e. The molecule has 0 aliphatic heterocycles. The molecule has 96 valence electrons. The Hall–Kier alpha value is -1.19. The molecule has 1 aromatic heterocycles. The molecule has 1 heterocycles. The van der Waals surface area contributed by atoms with E-state index >= 15 is 0 Å². The SMILES string of the molecule is COCCNCC(=O)Nc1nnc(C(F)F)s1. The Kier molecular flexibility index (Phi) is 5.87. The Morgan fingerprint density at radius 2 is 2.29 bits per heavy atom. The van der Waals surface area contributed by atoms with Crippen LogP contribution in [0.1, 0.15) is 11.4 Å². The van der Waals surface area contributed by atoms with Crippen molar-refractivity contribution in [3.63, 3.8) is 0 Å². The molecular formula is C8H12F2N4O2S. The second-order valence-corrected chi connectivity index (χ2v) is 3.97. The molecule has 0 aliphatic carbocycles. The summed E-state index contributed by atoms with van der Waals surface area (Å²) in [7, 11) is 1.55. The minimum Gasteiger partial charge on any atom is -0.383 e. The van der Waals surface area contributed by atoms with E-state index in [1.54, 1.807) is 7.11 Å². The molecule has 0 aliphatic rings. The minimum absolute atomic E-state index is 0.0625. The molecule has 0 bridgehead atoms. The molecule has 1 aromatic rings. The number of carbonyl (C=O) groups excluding carboxylic acids is 1. The third-order valence-electron chi connectivity index (χ3n) is 1.64. The van der Waals surface area contributed by atoms with Crippen molar-refractivity contribution in [3.05, 3.63) is 5.01 Å². The molecule has 6 nitrogen and oxygen atoms in total. The lowest BCUT2D eigenvalue weighted by atomic mass is 10.5. The second kappa shape index (κ2) is 7.20. The van der Waals surface area contributed by atoms with Crippen molar-refractivity contribution < 1.29 is 18.3 Å². The number of rotatable bonds is 7. The number of ether oxygens (including phenoxy) is 1. The lowest BCUT2D eigenvalue weighted by Gasteiger charge is -2.02. The van der Waals surface area contributed by atoms with Gasteiger partial charge >= 0.3 is 0 Å². The zero-order valence-electron chi connectivity index (χ0n) is 9.07. The van der Waals surface area contributed by atoms with E-state index in [2.05, 4.69) is 20.8 Å². The van der Waals surface area contributed by atoms with Crippen molar-refractivity contribution in [1.29, 1.82) is 0 Å². The van der Waals surface area contributed by atoms with Gasteiger partial charge in [-0.25, -0.2) is 8.78 Å². The molecule has 0 spiro atoms. The van der Waals surface area contributed by atoms with Crippen LogP contribution in [-0.4, -0.2) is 42.9 Å². The number of alkyl halides is 2. The highest BCUT2D eigenvalue weighted by atomic mass is 32.1.